The molecule has 0 bridgehead atoms. The average molecular weight is 368 g/mol. The van der Waals surface area contributed by atoms with Crippen LogP contribution in [-0.4, -0.2) is 21.4 Å². The molecule has 1 aromatic carbocycles. The van der Waals surface area contributed by atoms with E-state index in [0.717, 1.165) is 11.3 Å². The molecule has 0 spiro atoms. The van der Waals surface area contributed by atoms with E-state index in [0.29, 0.717) is 27.9 Å². The molecular formula is C18H16N4O3S. The first-order valence-corrected chi connectivity index (χ1v) is 9.00. The van der Waals surface area contributed by atoms with E-state index in [1.807, 2.05) is 26.0 Å². The van der Waals surface area contributed by atoms with Crippen LogP contribution in [0.5, 0.6) is 5.75 Å². The number of thioether (sulfide) groups is 1. The molecule has 2 heterocycles. The molecule has 0 amide bonds. The van der Waals surface area contributed by atoms with Gasteiger partial charge in [0, 0.05) is 5.56 Å². The third kappa shape index (κ3) is 3.34. The number of rotatable bonds is 5. The maximum Gasteiger partial charge on any atom is 0.270 e. The summed E-state index contributed by atoms with van der Waals surface area (Å²) in [7, 11) is 0. The molecule has 0 aliphatic heterocycles. The van der Waals surface area contributed by atoms with Gasteiger partial charge in [-0.25, -0.2) is 4.98 Å². The van der Waals surface area contributed by atoms with Crippen molar-refractivity contribution in [2.75, 3.05) is 6.26 Å². The minimum absolute atomic E-state index is 0.0452. The highest BCUT2D eigenvalue weighted by molar-refractivity contribution is 7.98. The molecule has 2 aromatic heterocycles. The first kappa shape index (κ1) is 17.8. The standard InChI is InChI=1S/C18H16N4O3S/c1-10-14(11(2)25-22-10)9-24-15-7-5-4-6-12(15)16-13(8-19)17(23)21-18(20-16)26-3/h4-7H,9H2,1-3H3,(H,20,21,23). The second-order valence-corrected chi connectivity index (χ2v) is 6.29. The van der Waals surface area contributed by atoms with Crippen LogP contribution in [-0.2, 0) is 6.61 Å². The van der Waals surface area contributed by atoms with E-state index >= 15 is 0 Å². The topological polar surface area (TPSA) is 105 Å². The Hall–Kier alpha value is -3.05. The number of para-hydroxylation sites is 1. The number of aryl methyl sites for hydroxylation is 2. The zero-order valence-corrected chi connectivity index (χ0v) is 15.3. The van der Waals surface area contributed by atoms with Crippen molar-refractivity contribution in [3.63, 3.8) is 0 Å². The zero-order valence-electron chi connectivity index (χ0n) is 14.5. The Balaban J connectivity index is 2.04. The Morgan fingerprint density at radius 1 is 1.35 bits per heavy atom. The lowest BCUT2D eigenvalue weighted by Gasteiger charge is -2.12. The Bertz CT molecular complexity index is 1030. The van der Waals surface area contributed by atoms with E-state index in [1.54, 1.807) is 24.5 Å². The number of benzene rings is 1. The van der Waals surface area contributed by atoms with Gasteiger partial charge in [-0.05, 0) is 32.2 Å². The van der Waals surface area contributed by atoms with Crippen molar-refractivity contribution in [2.24, 2.45) is 0 Å². The Morgan fingerprint density at radius 3 is 2.77 bits per heavy atom. The molecule has 0 atom stereocenters. The Kier molecular flexibility index (Phi) is 5.09. The zero-order chi connectivity index (χ0) is 18.7. The number of hydrogen-bond donors (Lipinski definition) is 1. The van der Waals surface area contributed by atoms with Crippen molar-refractivity contribution in [1.29, 1.82) is 5.26 Å². The van der Waals surface area contributed by atoms with E-state index in [2.05, 4.69) is 15.1 Å². The lowest BCUT2D eigenvalue weighted by Crippen LogP contribution is -2.15. The van der Waals surface area contributed by atoms with Crippen LogP contribution in [0.1, 0.15) is 22.6 Å². The molecule has 7 nitrogen and oxygen atoms in total. The molecule has 0 aliphatic carbocycles. The summed E-state index contributed by atoms with van der Waals surface area (Å²) in [6.45, 7) is 3.93. The van der Waals surface area contributed by atoms with Crippen LogP contribution in [0.2, 0.25) is 0 Å². The first-order chi connectivity index (χ1) is 12.5. The molecule has 1 N–H and O–H groups in total. The summed E-state index contributed by atoms with van der Waals surface area (Å²) in [5, 5.41) is 13.7. The number of ether oxygens (including phenoxy) is 1. The van der Waals surface area contributed by atoms with Gasteiger partial charge in [0.15, 0.2) is 5.16 Å². The quantitative estimate of drug-likeness (QED) is 0.544. The van der Waals surface area contributed by atoms with Crippen molar-refractivity contribution in [3.8, 4) is 23.1 Å². The lowest BCUT2D eigenvalue weighted by molar-refractivity contribution is 0.303. The summed E-state index contributed by atoms with van der Waals surface area (Å²) in [4.78, 5) is 19.2. The van der Waals surface area contributed by atoms with Gasteiger partial charge in [-0.1, -0.05) is 29.1 Å². The lowest BCUT2D eigenvalue weighted by atomic mass is 10.1. The fraction of sp³-hybridized carbons (Fsp3) is 0.222. The van der Waals surface area contributed by atoms with Gasteiger partial charge < -0.3 is 14.2 Å². The number of aromatic nitrogens is 3. The average Bonchev–Trinajstić information content (AvgIpc) is 2.97. The fourth-order valence-corrected chi connectivity index (χ4v) is 2.87. The van der Waals surface area contributed by atoms with Gasteiger partial charge in [-0.15, -0.1) is 0 Å². The third-order valence-electron chi connectivity index (χ3n) is 3.90. The molecule has 3 aromatic rings. The highest BCUT2D eigenvalue weighted by Gasteiger charge is 2.18. The van der Waals surface area contributed by atoms with Crippen LogP contribution >= 0.6 is 11.8 Å². The van der Waals surface area contributed by atoms with Crippen LogP contribution in [0.4, 0.5) is 0 Å². The Morgan fingerprint density at radius 2 is 2.12 bits per heavy atom. The molecule has 0 aliphatic rings. The maximum atomic E-state index is 12.2. The van der Waals surface area contributed by atoms with Crippen molar-refractivity contribution in [2.45, 2.75) is 25.6 Å². The van der Waals surface area contributed by atoms with Crippen LogP contribution in [0.25, 0.3) is 11.3 Å². The summed E-state index contributed by atoms with van der Waals surface area (Å²) in [5.74, 6) is 1.21. The van der Waals surface area contributed by atoms with E-state index in [4.69, 9.17) is 9.26 Å². The Labute approximate surface area is 154 Å². The number of nitriles is 1. The van der Waals surface area contributed by atoms with Crippen molar-refractivity contribution < 1.29 is 9.26 Å². The summed E-state index contributed by atoms with van der Waals surface area (Å²) >= 11 is 1.29. The molecule has 0 saturated heterocycles. The van der Waals surface area contributed by atoms with Crippen molar-refractivity contribution in [3.05, 3.63) is 57.2 Å². The smallest absolute Gasteiger partial charge is 0.270 e. The minimum Gasteiger partial charge on any atom is -0.488 e. The van der Waals surface area contributed by atoms with Gasteiger partial charge in [0.1, 0.15) is 35.4 Å². The first-order valence-electron chi connectivity index (χ1n) is 7.77. The number of aromatic amines is 1. The van der Waals surface area contributed by atoms with Gasteiger partial charge >= 0.3 is 0 Å². The summed E-state index contributed by atoms with van der Waals surface area (Å²) in [6.07, 6.45) is 1.80. The molecule has 3 rings (SSSR count). The normalized spacial score (nSPS) is 10.5. The number of nitrogens with zero attached hydrogens (tertiary/aromatic N) is 3. The van der Waals surface area contributed by atoms with E-state index < -0.39 is 5.56 Å². The highest BCUT2D eigenvalue weighted by Crippen LogP contribution is 2.31. The third-order valence-corrected chi connectivity index (χ3v) is 4.48. The maximum absolute atomic E-state index is 12.2. The summed E-state index contributed by atoms with van der Waals surface area (Å²) in [6, 6.07) is 9.11. The van der Waals surface area contributed by atoms with Gasteiger partial charge in [0.2, 0.25) is 0 Å². The molecular weight excluding hydrogens is 352 g/mol. The predicted molar refractivity (Wildman–Crippen MR) is 97.1 cm³/mol. The van der Waals surface area contributed by atoms with Crippen LogP contribution in [0.15, 0.2) is 38.7 Å². The highest BCUT2D eigenvalue weighted by atomic mass is 32.2. The van der Waals surface area contributed by atoms with E-state index in [-0.39, 0.29) is 12.2 Å². The molecule has 0 radical (unpaired) electrons. The van der Waals surface area contributed by atoms with Gasteiger partial charge in [-0.2, -0.15) is 5.26 Å². The SMILES string of the molecule is CSc1nc(-c2ccccc2OCc2c(C)noc2C)c(C#N)c(=O)[nH]1. The number of H-pyrrole nitrogens is 1. The van der Waals surface area contributed by atoms with Crippen LogP contribution in [0, 0.1) is 25.2 Å². The fourth-order valence-electron chi connectivity index (χ4n) is 2.49. The molecule has 132 valence electrons. The van der Waals surface area contributed by atoms with Crippen molar-refractivity contribution >= 4 is 11.8 Å². The molecule has 26 heavy (non-hydrogen) atoms. The number of nitrogens with one attached hydrogen (secondary N) is 1. The minimum atomic E-state index is -0.470. The number of hydrogen-bond acceptors (Lipinski definition) is 7. The van der Waals surface area contributed by atoms with Crippen molar-refractivity contribution in [1.82, 2.24) is 15.1 Å². The molecule has 0 saturated carbocycles. The van der Waals surface area contributed by atoms with Gasteiger partial charge in [-0.3, -0.25) is 4.79 Å². The van der Waals surface area contributed by atoms with E-state index in [9.17, 15) is 10.1 Å². The van der Waals surface area contributed by atoms with Gasteiger partial charge in [0.25, 0.3) is 5.56 Å². The predicted octanol–water partition coefficient (Wildman–Crippen LogP) is 3.21. The molecule has 0 fully saturated rings. The second kappa shape index (κ2) is 7.45. The molecule has 0 unspecified atom stereocenters. The summed E-state index contributed by atoms with van der Waals surface area (Å²) < 4.78 is 11.1. The monoisotopic (exact) mass is 368 g/mol. The molecule has 8 heteroatoms. The van der Waals surface area contributed by atoms with Crippen LogP contribution in [0.3, 0.4) is 0 Å². The van der Waals surface area contributed by atoms with E-state index in [1.165, 1.54) is 11.8 Å². The largest absolute Gasteiger partial charge is 0.488 e. The van der Waals surface area contributed by atoms with Gasteiger partial charge in [0.05, 0.1) is 11.3 Å². The summed E-state index contributed by atoms with van der Waals surface area (Å²) in [5.41, 5.74) is 1.99. The second-order valence-electron chi connectivity index (χ2n) is 5.50. The van der Waals surface area contributed by atoms with Crippen LogP contribution < -0.4 is 10.3 Å².